The van der Waals surface area contributed by atoms with Crippen LogP contribution in [0.2, 0.25) is 0 Å². The number of furan rings is 1. The molecule has 0 saturated carbocycles. The van der Waals surface area contributed by atoms with Gasteiger partial charge in [0, 0.05) is 19.0 Å². The number of hydrogen-bond acceptors (Lipinski definition) is 4. The highest BCUT2D eigenvalue weighted by atomic mass is 127. The number of ether oxygens (including phenoxy) is 1. The number of rotatable bonds is 8. The lowest BCUT2D eigenvalue weighted by atomic mass is 10.1. The molecule has 0 aliphatic carbocycles. The molecule has 148 valence electrons. The summed E-state index contributed by atoms with van der Waals surface area (Å²) in [6.45, 7) is 5.50. The summed E-state index contributed by atoms with van der Waals surface area (Å²) in [6, 6.07) is 11.5. The van der Waals surface area contributed by atoms with Crippen LogP contribution in [0.25, 0.3) is 0 Å². The summed E-state index contributed by atoms with van der Waals surface area (Å²) in [6.07, 6.45) is 3.48. The number of halogens is 1. The summed E-state index contributed by atoms with van der Waals surface area (Å²) < 4.78 is 10.1. The summed E-state index contributed by atoms with van der Waals surface area (Å²) in [5.41, 5.74) is 1.56. The standard InChI is InChI=1S/C20H27N3O3.HI/c1-4-15(2)23-20(21-12-11-18-6-5-13-26-18)22-14-16-7-9-17(10-8-16)19(24)25-3;/h5-10,13,15H,4,11-12,14H2,1-3H3,(H2,21,22,23);1H. The fourth-order valence-corrected chi connectivity index (χ4v) is 2.28. The molecule has 0 spiro atoms. The third-order valence-corrected chi connectivity index (χ3v) is 4.03. The van der Waals surface area contributed by atoms with Crippen LogP contribution in [0.5, 0.6) is 0 Å². The molecule has 0 fully saturated rings. The largest absolute Gasteiger partial charge is 0.469 e. The lowest BCUT2D eigenvalue weighted by Gasteiger charge is -2.17. The molecule has 1 atom stereocenters. The van der Waals surface area contributed by atoms with E-state index < -0.39 is 0 Å². The van der Waals surface area contributed by atoms with Gasteiger partial charge in [0.05, 0.1) is 25.5 Å². The molecule has 0 aliphatic rings. The van der Waals surface area contributed by atoms with Gasteiger partial charge in [-0.2, -0.15) is 0 Å². The van der Waals surface area contributed by atoms with E-state index in [0.29, 0.717) is 18.2 Å². The number of guanidine groups is 1. The highest BCUT2D eigenvalue weighted by Crippen LogP contribution is 2.07. The van der Waals surface area contributed by atoms with E-state index in [9.17, 15) is 4.79 Å². The fourth-order valence-electron chi connectivity index (χ4n) is 2.28. The van der Waals surface area contributed by atoms with Crippen molar-refractivity contribution in [2.75, 3.05) is 13.7 Å². The van der Waals surface area contributed by atoms with Crippen molar-refractivity contribution in [1.82, 2.24) is 10.6 Å². The Morgan fingerprint density at radius 3 is 2.59 bits per heavy atom. The number of nitrogens with zero attached hydrogens (tertiary/aromatic N) is 1. The van der Waals surface area contributed by atoms with E-state index in [1.54, 1.807) is 18.4 Å². The van der Waals surface area contributed by atoms with E-state index >= 15 is 0 Å². The number of nitrogens with one attached hydrogen (secondary N) is 2. The minimum atomic E-state index is -0.334. The van der Waals surface area contributed by atoms with Crippen molar-refractivity contribution in [3.8, 4) is 0 Å². The van der Waals surface area contributed by atoms with Crippen LogP contribution >= 0.6 is 24.0 Å². The molecule has 2 aromatic rings. The second-order valence-corrected chi connectivity index (χ2v) is 6.06. The van der Waals surface area contributed by atoms with E-state index in [2.05, 4.69) is 29.5 Å². The molecule has 27 heavy (non-hydrogen) atoms. The van der Waals surface area contributed by atoms with E-state index in [-0.39, 0.29) is 29.9 Å². The molecule has 0 bridgehead atoms. The molecular weight excluding hydrogens is 457 g/mol. The maximum Gasteiger partial charge on any atom is 0.337 e. The predicted molar refractivity (Wildman–Crippen MR) is 118 cm³/mol. The van der Waals surface area contributed by atoms with Gasteiger partial charge in [-0.25, -0.2) is 9.79 Å². The Kier molecular flexibility index (Phi) is 10.5. The van der Waals surface area contributed by atoms with Crippen LogP contribution in [0.15, 0.2) is 52.1 Å². The Balaban J connectivity index is 0.00000364. The molecular formula is C20H28IN3O3. The molecule has 0 amide bonds. The van der Waals surface area contributed by atoms with Crippen molar-refractivity contribution in [1.29, 1.82) is 0 Å². The Bertz CT molecular complexity index is 700. The van der Waals surface area contributed by atoms with Gasteiger partial charge in [-0.15, -0.1) is 24.0 Å². The molecule has 1 heterocycles. The number of methoxy groups -OCH3 is 1. The second kappa shape index (κ2) is 12.4. The van der Waals surface area contributed by atoms with E-state index in [0.717, 1.165) is 36.7 Å². The number of carbonyl (C=O) groups is 1. The summed E-state index contributed by atoms with van der Waals surface area (Å²) in [5, 5.41) is 6.73. The van der Waals surface area contributed by atoms with Crippen molar-refractivity contribution in [2.45, 2.75) is 39.3 Å². The van der Waals surface area contributed by atoms with Crippen molar-refractivity contribution in [2.24, 2.45) is 4.99 Å². The topological polar surface area (TPSA) is 75.9 Å². The van der Waals surface area contributed by atoms with Gasteiger partial charge in [-0.3, -0.25) is 0 Å². The summed E-state index contributed by atoms with van der Waals surface area (Å²) in [5.74, 6) is 1.38. The lowest BCUT2D eigenvalue weighted by molar-refractivity contribution is 0.0600. The molecule has 0 radical (unpaired) electrons. The van der Waals surface area contributed by atoms with Gasteiger partial charge in [0.25, 0.3) is 0 Å². The molecule has 0 saturated heterocycles. The summed E-state index contributed by atoms with van der Waals surface area (Å²) in [7, 11) is 1.38. The number of carbonyl (C=O) groups excluding carboxylic acids is 1. The van der Waals surface area contributed by atoms with E-state index in [1.807, 2.05) is 24.3 Å². The summed E-state index contributed by atoms with van der Waals surface area (Å²) >= 11 is 0. The molecule has 1 aromatic carbocycles. The molecule has 1 unspecified atom stereocenters. The average molecular weight is 485 g/mol. The Labute approximate surface area is 177 Å². The van der Waals surface area contributed by atoms with Crippen molar-refractivity contribution in [3.05, 3.63) is 59.5 Å². The number of benzene rings is 1. The average Bonchev–Trinajstić information content (AvgIpc) is 3.19. The Morgan fingerprint density at radius 2 is 2.00 bits per heavy atom. The third kappa shape index (κ3) is 8.03. The quantitative estimate of drug-likeness (QED) is 0.258. The van der Waals surface area contributed by atoms with E-state index in [4.69, 9.17) is 9.15 Å². The van der Waals surface area contributed by atoms with Crippen LogP contribution in [0.1, 0.15) is 41.9 Å². The first-order chi connectivity index (χ1) is 12.6. The molecule has 6 nitrogen and oxygen atoms in total. The van der Waals surface area contributed by atoms with E-state index in [1.165, 1.54) is 7.11 Å². The van der Waals surface area contributed by atoms with Crippen LogP contribution in [0.4, 0.5) is 0 Å². The highest BCUT2D eigenvalue weighted by Gasteiger charge is 2.06. The Morgan fingerprint density at radius 1 is 1.26 bits per heavy atom. The van der Waals surface area contributed by atoms with Crippen LogP contribution < -0.4 is 10.6 Å². The zero-order valence-electron chi connectivity index (χ0n) is 16.0. The van der Waals surface area contributed by atoms with Gasteiger partial charge < -0.3 is 19.8 Å². The van der Waals surface area contributed by atoms with Crippen LogP contribution in [-0.2, 0) is 17.7 Å². The monoisotopic (exact) mass is 485 g/mol. The van der Waals surface area contributed by atoms with Gasteiger partial charge in [-0.1, -0.05) is 19.1 Å². The predicted octanol–water partition coefficient (Wildman–Crippen LogP) is 3.76. The number of esters is 1. The first kappa shape index (κ1) is 23.0. The molecule has 2 N–H and O–H groups in total. The smallest absolute Gasteiger partial charge is 0.337 e. The Hall–Kier alpha value is -2.03. The highest BCUT2D eigenvalue weighted by molar-refractivity contribution is 14.0. The van der Waals surface area contributed by atoms with Crippen LogP contribution in [0, 0.1) is 0 Å². The fraction of sp³-hybridized carbons (Fsp3) is 0.400. The van der Waals surface area contributed by atoms with Crippen LogP contribution in [-0.4, -0.2) is 31.6 Å². The summed E-state index contributed by atoms with van der Waals surface area (Å²) in [4.78, 5) is 16.1. The van der Waals surface area contributed by atoms with Crippen molar-refractivity contribution < 1.29 is 13.9 Å². The molecule has 2 rings (SSSR count). The normalized spacial score (nSPS) is 12.0. The van der Waals surface area contributed by atoms with Crippen molar-refractivity contribution >= 4 is 35.9 Å². The maximum atomic E-state index is 11.5. The van der Waals surface area contributed by atoms with Crippen molar-refractivity contribution in [3.63, 3.8) is 0 Å². The zero-order valence-corrected chi connectivity index (χ0v) is 18.4. The minimum Gasteiger partial charge on any atom is -0.469 e. The maximum absolute atomic E-state index is 11.5. The first-order valence-corrected chi connectivity index (χ1v) is 8.86. The van der Waals surface area contributed by atoms with Gasteiger partial charge in [0.15, 0.2) is 5.96 Å². The van der Waals surface area contributed by atoms with Gasteiger partial charge in [0.1, 0.15) is 5.76 Å². The SMILES string of the molecule is CCC(C)NC(=NCc1ccc(C(=O)OC)cc1)NCCc1ccco1.I. The van der Waals surface area contributed by atoms with Crippen LogP contribution in [0.3, 0.4) is 0 Å². The third-order valence-electron chi connectivity index (χ3n) is 4.03. The van der Waals surface area contributed by atoms with Gasteiger partial charge in [-0.05, 0) is 43.2 Å². The molecule has 1 aromatic heterocycles. The number of aliphatic imine (C=N–C) groups is 1. The minimum absolute atomic E-state index is 0. The lowest BCUT2D eigenvalue weighted by Crippen LogP contribution is -2.42. The number of hydrogen-bond donors (Lipinski definition) is 2. The van der Waals surface area contributed by atoms with Gasteiger partial charge >= 0.3 is 5.97 Å². The van der Waals surface area contributed by atoms with Gasteiger partial charge in [0.2, 0.25) is 0 Å². The molecule has 7 heteroatoms. The second-order valence-electron chi connectivity index (χ2n) is 6.06. The molecule has 0 aliphatic heterocycles. The zero-order chi connectivity index (χ0) is 18.8. The first-order valence-electron chi connectivity index (χ1n) is 8.86.